The molecule has 2 atom stereocenters. The van der Waals surface area contributed by atoms with Gasteiger partial charge in [-0.25, -0.2) is 0 Å². The summed E-state index contributed by atoms with van der Waals surface area (Å²) >= 11 is 0. The predicted octanol–water partition coefficient (Wildman–Crippen LogP) is 4.14. The van der Waals surface area contributed by atoms with Crippen LogP contribution in [-0.4, -0.2) is 68.5 Å². The third kappa shape index (κ3) is 8.00. The summed E-state index contributed by atoms with van der Waals surface area (Å²) < 4.78 is 12.0. The van der Waals surface area contributed by atoms with Gasteiger partial charge in [0.2, 0.25) is 0 Å². The number of hydrogen-bond donors (Lipinski definition) is 2. The number of rotatable bonds is 9. The van der Waals surface area contributed by atoms with E-state index in [9.17, 15) is 0 Å². The van der Waals surface area contributed by atoms with Crippen molar-refractivity contribution < 1.29 is 9.47 Å². The highest BCUT2D eigenvalue weighted by Gasteiger charge is 2.24. The summed E-state index contributed by atoms with van der Waals surface area (Å²) in [5.41, 5.74) is 1.15. The number of aliphatic imine (C=N–C) groups is 1. The Kier molecular flexibility index (Phi) is 9.94. The van der Waals surface area contributed by atoms with Gasteiger partial charge in [0.05, 0.1) is 25.4 Å². The van der Waals surface area contributed by atoms with Gasteiger partial charge in [-0.2, -0.15) is 0 Å². The molecule has 2 saturated heterocycles. The molecule has 2 unspecified atom stereocenters. The van der Waals surface area contributed by atoms with E-state index in [1.807, 2.05) is 6.07 Å². The number of nitrogens with one attached hydrogen (secondary N) is 2. The van der Waals surface area contributed by atoms with Crippen molar-refractivity contribution in [1.82, 2.24) is 10.2 Å². The minimum atomic E-state index is 0.299. The fourth-order valence-corrected chi connectivity index (χ4v) is 4.20. The third-order valence-corrected chi connectivity index (χ3v) is 6.24. The van der Waals surface area contributed by atoms with Gasteiger partial charge in [-0.15, -0.1) is 0 Å². The highest BCUT2D eigenvalue weighted by molar-refractivity contribution is 5.80. The van der Waals surface area contributed by atoms with Crippen molar-refractivity contribution in [3.05, 3.63) is 30.3 Å². The number of hydrogen-bond acceptors (Lipinski definition) is 4. The molecule has 0 spiro atoms. The summed E-state index contributed by atoms with van der Waals surface area (Å²) in [5, 5.41) is 7.14. The van der Waals surface area contributed by atoms with Crippen LogP contribution in [0, 0.1) is 5.92 Å². The van der Waals surface area contributed by atoms with Crippen molar-refractivity contribution in [2.24, 2.45) is 10.9 Å². The van der Waals surface area contributed by atoms with E-state index in [4.69, 9.17) is 14.5 Å². The van der Waals surface area contributed by atoms with Crippen molar-refractivity contribution in [3.63, 3.8) is 0 Å². The molecule has 1 aromatic carbocycles. The van der Waals surface area contributed by atoms with E-state index in [0.717, 1.165) is 70.3 Å². The lowest BCUT2D eigenvalue weighted by Gasteiger charge is -2.35. The van der Waals surface area contributed by atoms with E-state index in [0.29, 0.717) is 24.2 Å². The molecule has 3 rings (SSSR count). The average molecular weight is 431 g/mol. The third-order valence-electron chi connectivity index (χ3n) is 6.24. The summed E-state index contributed by atoms with van der Waals surface area (Å²) in [7, 11) is 0. The Bertz CT molecular complexity index is 638. The molecule has 0 saturated carbocycles. The minimum absolute atomic E-state index is 0.299. The number of piperidine rings is 1. The Morgan fingerprint density at radius 1 is 1.16 bits per heavy atom. The van der Waals surface area contributed by atoms with Crippen LogP contribution in [0.15, 0.2) is 35.3 Å². The highest BCUT2D eigenvalue weighted by atomic mass is 16.5. The molecule has 2 N–H and O–H groups in total. The fraction of sp³-hybridized carbons (Fsp3) is 0.720. The molecular formula is C25H42N4O2. The van der Waals surface area contributed by atoms with Crippen LogP contribution in [0.2, 0.25) is 0 Å². The van der Waals surface area contributed by atoms with Crippen LogP contribution in [-0.2, 0) is 9.47 Å². The van der Waals surface area contributed by atoms with Crippen LogP contribution < -0.4 is 10.6 Å². The molecule has 31 heavy (non-hydrogen) atoms. The first-order valence-electron chi connectivity index (χ1n) is 12.2. The van der Waals surface area contributed by atoms with Gasteiger partial charge in [-0.3, -0.25) is 4.99 Å². The van der Waals surface area contributed by atoms with Crippen LogP contribution in [0.3, 0.4) is 0 Å². The van der Waals surface area contributed by atoms with Crippen molar-refractivity contribution in [2.45, 2.75) is 71.1 Å². The summed E-state index contributed by atoms with van der Waals surface area (Å²) in [5.74, 6) is 1.52. The lowest BCUT2D eigenvalue weighted by Crippen LogP contribution is -2.47. The Morgan fingerprint density at radius 2 is 1.94 bits per heavy atom. The van der Waals surface area contributed by atoms with Gasteiger partial charge in [-0.05, 0) is 57.1 Å². The van der Waals surface area contributed by atoms with Crippen molar-refractivity contribution >= 4 is 11.6 Å². The molecule has 2 aliphatic heterocycles. The van der Waals surface area contributed by atoms with Crippen molar-refractivity contribution in [1.29, 1.82) is 0 Å². The first-order chi connectivity index (χ1) is 15.2. The lowest BCUT2D eigenvalue weighted by molar-refractivity contribution is -0.0721. The van der Waals surface area contributed by atoms with Gasteiger partial charge in [0.15, 0.2) is 5.96 Å². The first kappa shape index (κ1) is 23.9. The topological polar surface area (TPSA) is 58.1 Å². The minimum Gasteiger partial charge on any atom is -0.380 e. The molecule has 6 heteroatoms. The van der Waals surface area contributed by atoms with Crippen LogP contribution in [0.4, 0.5) is 5.69 Å². The van der Waals surface area contributed by atoms with Crippen LogP contribution >= 0.6 is 0 Å². The van der Waals surface area contributed by atoms with Crippen molar-refractivity contribution in [3.8, 4) is 0 Å². The number of anilines is 1. The van der Waals surface area contributed by atoms with E-state index in [-0.39, 0.29) is 0 Å². The molecule has 1 aromatic rings. The standard InChI is InChI=1S/C25H42N4O2/c1-4-26-25(27-18-24(20(2)3)28-21-10-6-5-7-11-21)29-15-13-22(14-16-29)31-19-23-12-8-9-17-30-23/h5-7,10-11,20,22-24,28H,4,8-9,12-19H2,1-3H3,(H,26,27). The number of benzene rings is 1. The second kappa shape index (κ2) is 12.9. The highest BCUT2D eigenvalue weighted by Crippen LogP contribution is 2.18. The zero-order chi connectivity index (χ0) is 21.9. The molecule has 6 nitrogen and oxygen atoms in total. The molecule has 2 heterocycles. The molecule has 2 aliphatic rings. The first-order valence-corrected chi connectivity index (χ1v) is 12.2. The van der Waals surface area contributed by atoms with E-state index in [1.165, 1.54) is 12.8 Å². The maximum absolute atomic E-state index is 6.18. The normalized spacial score (nSPS) is 21.9. The Labute approximate surface area is 188 Å². The van der Waals surface area contributed by atoms with E-state index in [1.54, 1.807) is 0 Å². The second-order valence-corrected chi connectivity index (χ2v) is 9.06. The number of likely N-dealkylation sites (tertiary alicyclic amines) is 1. The monoisotopic (exact) mass is 430 g/mol. The zero-order valence-corrected chi connectivity index (χ0v) is 19.7. The van der Waals surface area contributed by atoms with Gasteiger partial charge in [0.25, 0.3) is 0 Å². The van der Waals surface area contributed by atoms with Gasteiger partial charge in [-0.1, -0.05) is 32.0 Å². The number of para-hydroxylation sites is 1. The van der Waals surface area contributed by atoms with Gasteiger partial charge < -0.3 is 25.0 Å². The van der Waals surface area contributed by atoms with Gasteiger partial charge in [0, 0.05) is 38.0 Å². The lowest BCUT2D eigenvalue weighted by atomic mass is 10.0. The second-order valence-electron chi connectivity index (χ2n) is 9.06. The average Bonchev–Trinajstić information content (AvgIpc) is 2.81. The summed E-state index contributed by atoms with van der Waals surface area (Å²) in [6.07, 6.45) is 6.35. The van der Waals surface area contributed by atoms with Gasteiger partial charge in [0.1, 0.15) is 0 Å². The van der Waals surface area contributed by atoms with Crippen LogP contribution in [0.25, 0.3) is 0 Å². The number of nitrogens with zero attached hydrogens (tertiary/aromatic N) is 2. The molecule has 0 aliphatic carbocycles. The summed E-state index contributed by atoms with van der Waals surface area (Å²) in [6, 6.07) is 10.7. The molecule has 0 aromatic heterocycles. The molecule has 0 amide bonds. The van der Waals surface area contributed by atoms with Gasteiger partial charge >= 0.3 is 0 Å². The Balaban J connectivity index is 1.49. The van der Waals surface area contributed by atoms with Crippen LogP contribution in [0.1, 0.15) is 52.9 Å². The number of guanidine groups is 1. The number of ether oxygens (including phenoxy) is 2. The quantitative estimate of drug-likeness (QED) is 0.456. The Morgan fingerprint density at radius 3 is 2.58 bits per heavy atom. The maximum atomic E-state index is 6.18. The molecule has 2 fully saturated rings. The predicted molar refractivity (Wildman–Crippen MR) is 129 cm³/mol. The van der Waals surface area contributed by atoms with E-state index in [2.05, 4.69) is 60.6 Å². The van der Waals surface area contributed by atoms with E-state index >= 15 is 0 Å². The fourth-order valence-electron chi connectivity index (χ4n) is 4.20. The summed E-state index contributed by atoms with van der Waals surface area (Å²) in [6.45, 7) is 11.9. The molecule has 174 valence electrons. The van der Waals surface area contributed by atoms with Crippen molar-refractivity contribution in [2.75, 3.05) is 44.7 Å². The molecule has 0 radical (unpaired) electrons. The zero-order valence-electron chi connectivity index (χ0n) is 19.7. The smallest absolute Gasteiger partial charge is 0.193 e. The largest absolute Gasteiger partial charge is 0.380 e. The molecule has 0 bridgehead atoms. The summed E-state index contributed by atoms with van der Waals surface area (Å²) in [4.78, 5) is 7.40. The van der Waals surface area contributed by atoms with Crippen LogP contribution in [0.5, 0.6) is 0 Å². The van der Waals surface area contributed by atoms with E-state index < -0.39 is 0 Å². The SMILES string of the molecule is CCNC(=NCC(Nc1ccccc1)C(C)C)N1CCC(OCC2CCCCO2)CC1. The Hall–Kier alpha value is -1.79. The molecular weight excluding hydrogens is 388 g/mol. The maximum Gasteiger partial charge on any atom is 0.193 e.